The lowest BCUT2D eigenvalue weighted by atomic mass is 9.78. The van der Waals surface area contributed by atoms with Gasteiger partial charge < -0.3 is 19.1 Å². The highest BCUT2D eigenvalue weighted by atomic mass is 16.5. The number of aliphatic carboxylic acids is 1. The monoisotopic (exact) mass is 563 g/mol. The summed E-state index contributed by atoms with van der Waals surface area (Å²) in [6, 6.07) is 18.4. The average molecular weight is 564 g/mol. The smallest absolute Gasteiger partial charge is 0.316 e. The van der Waals surface area contributed by atoms with E-state index in [1.54, 1.807) is 19.5 Å². The molecule has 2 atom stereocenters. The SMILES string of the molecule is COc1ncc(-c2cccc(Cn3c(C4CCCCC4C(=O)O)nc4ccc(OCc5ccc(C)cn5)cc43)c2)cn1. The number of ether oxygens (including phenoxy) is 2. The van der Waals surface area contributed by atoms with Crippen LogP contribution in [0.5, 0.6) is 11.8 Å². The van der Waals surface area contributed by atoms with Crippen LogP contribution in [0.25, 0.3) is 22.2 Å². The summed E-state index contributed by atoms with van der Waals surface area (Å²) >= 11 is 0. The fourth-order valence-electron chi connectivity index (χ4n) is 5.74. The molecule has 0 aliphatic heterocycles. The summed E-state index contributed by atoms with van der Waals surface area (Å²) < 4.78 is 13.4. The summed E-state index contributed by atoms with van der Waals surface area (Å²) in [5.41, 5.74) is 6.60. The number of benzene rings is 2. The lowest BCUT2D eigenvalue weighted by Crippen LogP contribution is -2.27. The lowest BCUT2D eigenvalue weighted by molar-refractivity contribution is -0.143. The number of pyridine rings is 1. The van der Waals surface area contributed by atoms with Crippen molar-refractivity contribution < 1.29 is 19.4 Å². The first-order valence-electron chi connectivity index (χ1n) is 14.2. The molecule has 42 heavy (non-hydrogen) atoms. The number of carboxylic acids is 1. The minimum Gasteiger partial charge on any atom is -0.487 e. The van der Waals surface area contributed by atoms with Crippen molar-refractivity contribution in [1.29, 1.82) is 0 Å². The van der Waals surface area contributed by atoms with E-state index in [9.17, 15) is 9.90 Å². The fourth-order valence-corrected chi connectivity index (χ4v) is 5.74. The van der Waals surface area contributed by atoms with Gasteiger partial charge in [-0.2, -0.15) is 0 Å². The van der Waals surface area contributed by atoms with Crippen molar-refractivity contribution >= 4 is 17.0 Å². The molecule has 2 aromatic carbocycles. The number of rotatable bonds is 9. The van der Waals surface area contributed by atoms with E-state index in [0.29, 0.717) is 31.3 Å². The van der Waals surface area contributed by atoms with Gasteiger partial charge in [-0.3, -0.25) is 9.78 Å². The Bertz CT molecular complexity index is 1700. The molecule has 3 heterocycles. The Morgan fingerprint density at radius 2 is 1.81 bits per heavy atom. The third-order valence-corrected chi connectivity index (χ3v) is 7.94. The summed E-state index contributed by atoms with van der Waals surface area (Å²) in [7, 11) is 1.54. The van der Waals surface area contributed by atoms with Gasteiger partial charge >= 0.3 is 12.0 Å². The van der Waals surface area contributed by atoms with E-state index in [0.717, 1.165) is 64.1 Å². The summed E-state index contributed by atoms with van der Waals surface area (Å²) in [5, 5.41) is 10.1. The largest absolute Gasteiger partial charge is 0.487 e. The highest BCUT2D eigenvalue weighted by molar-refractivity contribution is 5.79. The zero-order chi connectivity index (χ0) is 29.1. The quantitative estimate of drug-likeness (QED) is 0.226. The van der Waals surface area contributed by atoms with E-state index in [1.807, 2.05) is 55.6 Å². The zero-order valence-electron chi connectivity index (χ0n) is 23.7. The number of imidazole rings is 1. The number of aryl methyl sites for hydroxylation is 1. The summed E-state index contributed by atoms with van der Waals surface area (Å²) in [6.45, 7) is 2.89. The van der Waals surface area contributed by atoms with Crippen LogP contribution in [0.1, 0.15) is 54.2 Å². The first kappa shape index (κ1) is 27.4. The number of carboxylic acid groups (broad SMARTS) is 1. The molecule has 0 bridgehead atoms. The zero-order valence-corrected chi connectivity index (χ0v) is 23.7. The van der Waals surface area contributed by atoms with E-state index in [2.05, 4.69) is 31.7 Å². The van der Waals surface area contributed by atoms with E-state index in [1.165, 1.54) is 0 Å². The van der Waals surface area contributed by atoms with Crippen molar-refractivity contribution in [2.45, 2.75) is 51.7 Å². The van der Waals surface area contributed by atoms with E-state index < -0.39 is 11.9 Å². The Labute approximate surface area is 244 Å². The summed E-state index contributed by atoms with van der Waals surface area (Å²) in [5.74, 6) is 0.144. The Balaban J connectivity index is 1.37. The van der Waals surface area contributed by atoms with Gasteiger partial charge in [-0.15, -0.1) is 0 Å². The normalized spacial score (nSPS) is 16.8. The van der Waals surface area contributed by atoms with Crippen molar-refractivity contribution in [3.8, 4) is 22.9 Å². The van der Waals surface area contributed by atoms with Gasteiger partial charge in [0.05, 0.1) is 29.8 Å². The average Bonchev–Trinajstić information content (AvgIpc) is 3.38. The van der Waals surface area contributed by atoms with E-state index in [4.69, 9.17) is 14.5 Å². The Morgan fingerprint density at radius 3 is 2.57 bits per heavy atom. The second-order valence-corrected chi connectivity index (χ2v) is 10.8. The molecule has 1 fully saturated rings. The predicted molar refractivity (Wildman–Crippen MR) is 158 cm³/mol. The minimum atomic E-state index is -0.755. The third-order valence-electron chi connectivity index (χ3n) is 7.94. The Hall–Kier alpha value is -4.79. The molecule has 0 amide bonds. The molecule has 0 saturated heterocycles. The molecule has 0 spiro atoms. The molecule has 5 aromatic rings. The van der Waals surface area contributed by atoms with Crippen LogP contribution in [0, 0.1) is 12.8 Å². The van der Waals surface area contributed by atoms with Crippen LogP contribution >= 0.6 is 0 Å². The number of fused-ring (bicyclic) bond motifs is 1. The molecule has 1 N–H and O–H groups in total. The molecule has 2 unspecified atom stereocenters. The van der Waals surface area contributed by atoms with Gasteiger partial charge in [-0.1, -0.05) is 37.1 Å². The van der Waals surface area contributed by atoms with Crippen molar-refractivity contribution in [3.05, 3.63) is 95.8 Å². The van der Waals surface area contributed by atoms with Gasteiger partial charge in [-0.05, 0) is 60.7 Å². The van der Waals surface area contributed by atoms with Crippen molar-refractivity contribution in [2.75, 3.05) is 7.11 Å². The number of carbonyl (C=O) groups is 1. The lowest BCUT2D eigenvalue weighted by Gasteiger charge is -2.28. The second kappa shape index (κ2) is 12.0. The van der Waals surface area contributed by atoms with Crippen LogP contribution in [0.4, 0.5) is 0 Å². The second-order valence-electron chi connectivity index (χ2n) is 10.8. The Kier molecular flexibility index (Phi) is 7.81. The van der Waals surface area contributed by atoms with Crippen LogP contribution in [0.3, 0.4) is 0 Å². The molecule has 6 rings (SSSR count). The summed E-state index contributed by atoms with van der Waals surface area (Å²) in [6.07, 6.45) is 8.69. The maximum absolute atomic E-state index is 12.3. The third kappa shape index (κ3) is 5.81. The molecule has 1 saturated carbocycles. The van der Waals surface area contributed by atoms with Crippen LogP contribution in [0.2, 0.25) is 0 Å². The topological polar surface area (TPSA) is 112 Å². The van der Waals surface area contributed by atoms with Gasteiger partial charge in [0.1, 0.15) is 18.2 Å². The standard InChI is InChI=1S/C33H33N5O4/c1-21-10-11-25(34-16-21)20-42-26-12-13-29-30(15-26)38(31(37-29)27-8-3-4-9-28(27)32(39)40)19-22-6-5-7-23(14-22)24-17-35-33(41-2)36-18-24/h5-7,10-18,27-28H,3-4,8-9,19-20H2,1-2H3,(H,39,40). The Morgan fingerprint density at radius 1 is 0.976 bits per heavy atom. The number of hydrogen-bond acceptors (Lipinski definition) is 7. The van der Waals surface area contributed by atoms with Crippen LogP contribution < -0.4 is 9.47 Å². The first-order valence-corrected chi connectivity index (χ1v) is 14.2. The minimum absolute atomic E-state index is 0.164. The van der Waals surface area contributed by atoms with E-state index >= 15 is 0 Å². The predicted octanol–water partition coefficient (Wildman–Crippen LogP) is 6.19. The van der Waals surface area contributed by atoms with E-state index in [-0.39, 0.29) is 5.92 Å². The number of nitrogens with zero attached hydrogens (tertiary/aromatic N) is 5. The van der Waals surface area contributed by atoms with Gasteiger partial charge in [0.15, 0.2) is 0 Å². The van der Waals surface area contributed by atoms with Gasteiger partial charge in [-0.25, -0.2) is 15.0 Å². The van der Waals surface area contributed by atoms with Gasteiger partial charge in [0.2, 0.25) is 0 Å². The molecule has 9 heteroatoms. The maximum Gasteiger partial charge on any atom is 0.316 e. The molecular weight excluding hydrogens is 530 g/mol. The first-order chi connectivity index (χ1) is 20.5. The maximum atomic E-state index is 12.3. The van der Waals surface area contributed by atoms with Crippen molar-refractivity contribution in [1.82, 2.24) is 24.5 Å². The van der Waals surface area contributed by atoms with Crippen LogP contribution in [0.15, 0.2) is 73.2 Å². The molecule has 0 radical (unpaired) electrons. The van der Waals surface area contributed by atoms with Gasteiger partial charge in [0, 0.05) is 42.7 Å². The van der Waals surface area contributed by atoms with Gasteiger partial charge in [0.25, 0.3) is 0 Å². The number of aromatic nitrogens is 5. The van der Waals surface area contributed by atoms with Crippen LogP contribution in [-0.4, -0.2) is 42.7 Å². The fraction of sp³-hybridized carbons (Fsp3) is 0.303. The molecule has 9 nitrogen and oxygen atoms in total. The summed E-state index contributed by atoms with van der Waals surface area (Å²) in [4.78, 5) is 30.3. The van der Waals surface area contributed by atoms with Crippen LogP contribution in [-0.2, 0) is 17.9 Å². The van der Waals surface area contributed by atoms with Crippen molar-refractivity contribution in [2.24, 2.45) is 5.92 Å². The molecular formula is C33H33N5O4. The highest BCUT2D eigenvalue weighted by Crippen LogP contribution is 2.39. The molecule has 214 valence electrons. The van der Waals surface area contributed by atoms with Crippen molar-refractivity contribution in [3.63, 3.8) is 0 Å². The number of hydrogen-bond donors (Lipinski definition) is 1. The molecule has 1 aliphatic rings. The number of methoxy groups -OCH3 is 1. The highest BCUT2D eigenvalue weighted by Gasteiger charge is 2.35. The molecule has 1 aliphatic carbocycles. The molecule has 3 aromatic heterocycles.